The van der Waals surface area contributed by atoms with Gasteiger partial charge >= 0.3 is 11.9 Å². The van der Waals surface area contributed by atoms with Gasteiger partial charge in [-0.3, -0.25) is 14.4 Å². The van der Waals surface area contributed by atoms with Crippen molar-refractivity contribution in [1.82, 2.24) is 0 Å². The van der Waals surface area contributed by atoms with Gasteiger partial charge in [-0.25, -0.2) is 4.79 Å². The van der Waals surface area contributed by atoms with Crippen LogP contribution in [0.4, 0.5) is 0 Å². The molecule has 9 heteroatoms. The molecule has 1 aliphatic heterocycles. The molecule has 0 amide bonds. The molecule has 4 rings (SSSR count). The van der Waals surface area contributed by atoms with E-state index in [1.807, 2.05) is 13.0 Å². The van der Waals surface area contributed by atoms with Crippen molar-refractivity contribution in [2.24, 2.45) is 0 Å². The number of aliphatic carboxylic acids is 1. The minimum absolute atomic E-state index is 0.00588. The molecule has 1 unspecified atom stereocenters. The lowest BCUT2D eigenvalue weighted by molar-refractivity contribution is -0.136. The second kappa shape index (κ2) is 14.5. The maximum absolute atomic E-state index is 13.1. The van der Waals surface area contributed by atoms with E-state index >= 15 is 0 Å². The van der Waals surface area contributed by atoms with Gasteiger partial charge in [0.1, 0.15) is 17.2 Å². The topological polar surface area (TPSA) is 136 Å². The van der Waals surface area contributed by atoms with Gasteiger partial charge < -0.3 is 24.4 Å². The van der Waals surface area contributed by atoms with E-state index in [0.717, 1.165) is 18.4 Å². The number of benzene rings is 3. The lowest BCUT2D eigenvalue weighted by atomic mass is 9.97. The number of Topliss-reactive ketones (excluding diaryl/α,β-unsaturated/α-hetero) is 1. The Morgan fingerprint density at radius 2 is 1.70 bits per heavy atom. The van der Waals surface area contributed by atoms with E-state index < -0.39 is 11.9 Å². The number of carbonyl (C=O) groups is 4. The van der Waals surface area contributed by atoms with Gasteiger partial charge in [-0.1, -0.05) is 25.5 Å². The van der Waals surface area contributed by atoms with Gasteiger partial charge in [0.15, 0.2) is 11.6 Å². The average molecular weight is 589 g/mol. The van der Waals surface area contributed by atoms with Crippen LogP contribution in [0.15, 0.2) is 54.6 Å². The molecule has 226 valence electrons. The van der Waals surface area contributed by atoms with Crippen LogP contribution >= 0.6 is 0 Å². The molecule has 0 bridgehead atoms. The summed E-state index contributed by atoms with van der Waals surface area (Å²) in [7, 11) is 0. The van der Waals surface area contributed by atoms with Crippen LogP contribution in [-0.2, 0) is 17.6 Å². The summed E-state index contributed by atoms with van der Waals surface area (Å²) < 4.78 is 18.1. The summed E-state index contributed by atoms with van der Waals surface area (Å²) in [4.78, 5) is 48.0. The van der Waals surface area contributed by atoms with Crippen molar-refractivity contribution < 1.29 is 43.6 Å². The summed E-state index contributed by atoms with van der Waals surface area (Å²) in [6.45, 7) is 4.80. The molecular formula is C34H36O9. The second-order valence-electron chi connectivity index (χ2n) is 10.5. The van der Waals surface area contributed by atoms with Gasteiger partial charge in [-0.15, -0.1) is 0 Å². The number of hydrogen-bond acceptors (Lipinski definition) is 7. The molecule has 0 fully saturated rings. The Hall–Kier alpha value is -4.66. The SMILES string of the molecule is CCCc1c(OCCCC(C)Oc2ccc(C(=O)c3cccc(C(=O)O)c3)cc2CCC(=O)O)ccc2c1OCCC2=O. The second-order valence-corrected chi connectivity index (χ2v) is 10.5. The fourth-order valence-corrected chi connectivity index (χ4v) is 5.06. The first-order valence-electron chi connectivity index (χ1n) is 14.5. The molecule has 0 aliphatic carbocycles. The van der Waals surface area contributed by atoms with E-state index in [9.17, 15) is 29.4 Å². The van der Waals surface area contributed by atoms with Crippen molar-refractivity contribution in [3.63, 3.8) is 0 Å². The van der Waals surface area contributed by atoms with Gasteiger partial charge in [0.25, 0.3) is 0 Å². The monoisotopic (exact) mass is 588 g/mol. The van der Waals surface area contributed by atoms with E-state index in [2.05, 4.69) is 6.92 Å². The molecule has 9 nitrogen and oxygen atoms in total. The maximum atomic E-state index is 13.1. The van der Waals surface area contributed by atoms with Crippen molar-refractivity contribution in [1.29, 1.82) is 0 Å². The molecule has 2 N–H and O–H groups in total. The van der Waals surface area contributed by atoms with E-state index in [-0.39, 0.29) is 41.6 Å². The Morgan fingerprint density at radius 3 is 2.44 bits per heavy atom. The summed E-state index contributed by atoms with van der Waals surface area (Å²) in [6, 6.07) is 14.3. The fraction of sp³-hybridized carbons (Fsp3) is 0.353. The average Bonchev–Trinajstić information content (AvgIpc) is 2.99. The highest BCUT2D eigenvalue weighted by molar-refractivity contribution is 6.10. The molecule has 1 atom stereocenters. The molecule has 0 radical (unpaired) electrons. The van der Waals surface area contributed by atoms with Gasteiger partial charge in [0, 0.05) is 29.5 Å². The van der Waals surface area contributed by atoms with Crippen LogP contribution in [0.3, 0.4) is 0 Å². The third-order valence-electron chi connectivity index (χ3n) is 7.24. The third kappa shape index (κ3) is 8.00. The first-order valence-corrected chi connectivity index (χ1v) is 14.5. The van der Waals surface area contributed by atoms with Crippen LogP contribution in [0, 0.1) is 0 Å². The number of ketones is 2. The number of carboxylic acid groups (broad SMARTS) is 2. The van der Waals surface area contributed by atoms with E-state index in [1.54, 1.807) is 30.3 Å². The number of aromatic carboxylic acids is 1. The molecule has 0 saturated heterocycles. The minimum atomic E-state index is -1.13. The van der Waals surface area contributed by atoms with Gasteiger partial charge in [0.05, 0.1) is 30.4 Å². The molecular weight excluding hydrogens is 552 g/mol. The van der Waals surface area contributed by atoms with Crippen LogP contribution in [0.1, 0.15) is 93.7 Å². The van der Waals surface area contributed by atoms with E-state index in [1.165, 1.54) is 18.2 Å². The summed E-state index contributed by atoms with van der Waals surface area (Å²) in [5.74, 6) is -0.533. The predicted molar refractivity (Wildman–Crippen MR) is 159 cm³/mol. The zero-order valence-corrected chi connectivity index (χ0v) is 24.4. The van der Waals surface area contributed by atoms with Crippen LogP contribution in [0.25, 0.3) is 0 Å². The van der Waals surface area contributed by atoms with Crippen molar-refractivity contribution >= 4 is 23.5 Å². The van der Waals surface area contributed by atoms with Crippen molar-refractivity contribution in [2.45, 2.75) is 64.9 Å². The summed E-state index contributed by atoms with van der Waals surface area (Å²) >= 11 is 0. The van der Waals surface area contributed by atoms with Gasteiger partial charge in [-0.05, 0) is 80.6 Å². The Labute approximate surface area is 250 Å². The number of aryl methyl sites for hydroxylation is 1. The molecule has 1 heterocycles. The molecule has 0 saturated carbocycles. The Bertz CT molecular complexity index is 1510. The molecule has 43 heavy (non-hydrogen) atoms. The Morgan fingerprint density at radius 1 is 0.953 bits per heavy atom. The zero-order chi connectivity index (χ0) is 30.9. The lowest BCUT2D eigenvalue weighted by Crippen LogP contribution is -2.18. The van der Waals surface area contributed by atoms with Crippen molar-refractivity contribution in [3.05, 3.63) is 88.0 Å². The number of hydrogen-bond donors (Lipinski definition) is 2. The largest absolute Gasteiger partial charge is 0.493 e. The highest BCUT2D eigenvalue weighted by atomic mass is 16.5. The lowest BCUT2D eigenvalue weighted by Gasteiger charge is -2.22. The van der Waals surface area contributed by atoms with Crippen molar-refractivity contribution in [2.75, 3.05) is 13.2 Å². The normalized spacial score (nSPS) is 13.0. The van der Waals surface area contributed by atoms with Gasteiger partial charge in [-0.2, -0.15) is 0 Å². The molecule has 0 spiro atoms. The quantitative estimate of drug-likeness (QED) is 0.158. The summed E-state index contributed by atoms with van der Waals surface area (Å²) in [6.07, 6.45) is 3.16. The highest BCUT2D eigenvalue weighted by Gasteiger charge is 2.24. The molecule has 3 aromatic carbocycles. The molecule has 0 aromatic heterocycles. The number of ether oxygens (including phenoxy) is 3. The van der Waals surface area contributed by atoms with Crippen LogP contribution in [0.2, 0.25) is 0 Å². The number of carboxylic acids is 2. The first kappa shape index (κ1) is 31.3. The minimum Gasteiger partial charge on any atom is -0.493 e. The van der Waals surface area contributed by atoms with Crippen LogP contribution in [0.5, 0.6) is 17.2 Å². The number of rotatable bonds is 15. The van der Waals surface area contributed by atoms with Crippen LogP contribution < -0.4 is 14.2 Å². The van der Waals surface area contributed by atoms with E-state index in [4.69, 9.17) is 14.2 Å². The molecule has 3 aromatic rings. The predicted octanol–water partition coefficient (Wildman–Crippen LogP) is 6.18. The highest BCUT2D eigenvalue weighted by Crippen LogP contribution is 2.36. The molecule has 1 aliphatic rings. The summed E-state index contributed by atoms with van der Waals surface area (Å²) in [5.41, 5.74) is 2.67. The number of carbonyl (C=O) groups excluding carboxylic acids is 2. The standard InChI is InChI=1S/C34H36O9/c1-3-6-27-30(14-12-26-28(35)16-18-42-33(26)27)41-17-5-7-21(2)43-29-13-10-24(19-22(29)11-15-31(36)37)32(38)23-8-4-9-25(20-23)34(39)40/h4,8-10,12-14,19-21H,3,5-7,11,15-18H2,1-2H3,(H,36,37)(H,39,40). The summed E-state index contributed by atoms with van der Waals surface area (Å²) in [5, 5.41) is 18.5. The maximum Gasteiger partial charge on any atom is 0.335 e. The first-order chi connectivity index (χ1) is 20.7. The Balaban J connectivity index is 1.40. The number of fused-ring (bicyclic) bond motifs is 1. The van der Waals surface area contributed by atoms with E-state index in [0.29, 0.717) is 66.4 Å². The smallest absolute Gasteiger partial charge is 0.335 e. The Kier molecular flexibility index (Phi) is 10.5. The van der Waals surface area contributed by atoms with Crippen LogP contribution in [-0.4, -0.2) is 53.0 Å². The van der Waals surface area contributed by atoms with Crippen molar-refractivity contribution in [3.8, 4) is 17.2 Å². The fourth-order valence-electron chi connectivity index (χ4n) is 5.06. The zero-order valence-electron chi connectivity index (χ0n) is 24.4. The van der Waals surface area contributed by atoms with Gasteiger partial charge in [0.2, 0.25) is 0 Å². The third-order valence-corrected chi connectivity index (χ3v) is 7.24.